The zero-order valence-electron chi connectivity index (χ0n) is 15.3. The molecule has 0 aliphatic heterocycles. The van der Waals surface area contributed by atoms with Crippen molar-refractivity contribution in [2.45, 2.75) is 13.1 Å². The molecule has 27 heavy (non-hydrogen) atoms. The van der Waals surface area contributed by atoms with Crippen LogP contribution < -0.4 is 0 Å². The molecule has 0 saturated heterocycles. The standard InChI is InChI=1S/C20H20N6O/c1-24-11-10-21-19(24)14-25(2)20(27)18-13-26(23-22-18)12-16-8-5-7-15-6-3-4-9-17(15)16/h3-11,13H,12,14H2,1-2H3. The number of fused-ring (bicyclic) bond motifs is 1. The van der Waals surface area contributed by atoms with Gasteiger partial charge in [-0.3, -0.25) is 4.79 Å². The summed E-state index contributed by atoms with van der Waals surface area (Å²) in [5.41, 5.74) is 1.46. The van der Waals surface area contributed by atoms with Crippen LogP contribution in [0.25, 0.3) is 10.8 Å². The van der Waals surface area contributed by atoms with Crippen molar-refractivity contribution in [3.05, 3.63) is 78.1 Å². The highest BCUT2D eigenvalue weighted by atomic mass is 16.2. The molecule has 0 saturated carbocycles. The van der Waals surface area contributed by atoms with Crippen molar-refractivity contribution in [2.75, 3.05) is 7.05 Å². The first-order chi connectivity index (χ1) is 13.1. The first-order valence-corrected chi connectivity index (χ1v) is 8.70. The monoisotopic (exact) mass is 360 g/mol. The normalized spacial score (nSPS) is 11.0. The molecule has 7 heteroatoms. The largest absolute Gasteiger partial charge is 0.337 e. The molecule has 2 heterocycles. The van der Waals surface area contributed by atoms with Crippen LogP contribution in [0.3, 0.4) is 0 Å². The van der Waals surface area contributed by atoms with E-state index in [9.17, 15) is 4.79 Å². The summed E-state index contributed by atoms with van der Waals surface area (Å²) in [6.45, 7) is 0.975. The van der Waals surface area contributed by atoms with Crippen LogP contribution in [-0.2, 0) is 20.1 Å². The minimum Gasteiger partial charge on any atom is -0.337 e. The van der Waals surface area contributed by atoms with Crippen molar-refractivity contribution in [1.82, 2.24) is 29.4 Å². The summed E-state index contributed by atoms with van der Waals surface area (Å²) in [4.78, 5) is 18.5. The van der Waals surface area contributed by atoms with Crippen LogP contribution in [0.4, 0.5) is 0 Å². The van der Waals surface area contributed by atoms with Gasteiger partial charge in [-0.15, -0.1) is 5.10 Å². The Morgan fingerprint density at radius 2 is 1.96 bits per heavy atom. The fraction of sp³-hybridized carbons (Fsp3) is 0.200. The molecule has 0 bridgehead atoms. The SMILES string of the molecule is CN(Cc1nccn1C)C(=O)c1cn(Cc2cccc3ccccc23)nn1. The molecule has 4 aromatic rings. The Balaban J connectivity index is 1.51. The number of carbonyl (C=O) groups excluding carboxylic acids is 1. The van der Waals surface area contributed by atoms with Crippen LogP contribution in [0.15, 0.2) is 61.1 Å². The maximum Gasteiger partial charge on any atom is 0.276 e. The third kappa shape index (κ3) is 3.44. The number of benzene rings is 2. The van der Waals surface area contributed by atoms with Crippen LogP contribution in [-0.4, -0.2) is 42.4 Å². The van der Waals surface area contributed by atoms with Crippen LogP contribution in [0, 0.1) is 0 Å². The number of carbonyl (C=O) groups is 1. The van der Waals surface area contributed by atoms with Crippen molar-refractivity contribution in [2.24, 2.45) is 7.05 Å². The molecule has 0 radical (unpaired) electrons. The van der Waals surface area contributed by atoms with E-state index >= 15 is 0 Å². The van der Waals surface area contributed by atoms with Gasteiger partial charge in [-0.2, -0.15) is 0 Å². The fourth-order valence-corrected chi connectivity index (χ4v) is 3.11. The quantitative estimate of drug-likeness (QED) is 0.548. The molecule has 2 aromatic heterocycles. The Bertz CT molecular complexity index is 1090. The summed E-state index contributed by atoms with van der Waals surface area (Å²) in [7, 11) is 3.64. The van der Waals surface area contributed by atoms with Gasteiger partial charge >= 0.3 is 0 Å². The molecular formula is C20H20N6O. The molecule has 0 fully saturated rings. The van der Waals surface area contributed by atoms with E-state index < -0.39 is 0 Å². The molecule has 1 amide bonds. The molecule has 0 unspecified atom stereocenters. The van der Waals surface area contributed by atoms with E-state index in [0.29, 0.717) is 18.8 Å². The van der Waals surface area contributed by atoms with Gasteiger partial charge in [-0.1, -0.05) is 47.7 Å². The van der Waals surface area contributed by atoms with Crippen molar-refractivity contribution >= 4 is 16.7 Å². The summed E-state index contributed by atoms with van der Waals surface area (Å²) in [5, 5.41) is 10.6. The highest BCUT2D eigenvalue weighted by molar-refractivity contribution is 5.91. The van der Waals surface area contributed by atoms with Crippen LogP contribution in [0.1, 0.15) is 21.9 Å². The molecule has 136 valence electrons. The predicted molar refractivity (Wildman–Crippen MR) is 102 cm³/mol. The van der Waals surface area contributed by atoms with Gasteiger partial charge in [0, 0.05) is 26.5 Å². The molecule has 0 N–H and O–H groups in total. The van der Waals surface area contributed by atoms with Crippen molar-refractivity contribution in [3.8, 4) is 0 Å². The number of amides is 1. The first-order valence-electron chi connectivity index (χ1n) is 8.70. The van der Waals surface area contributed by atoms with E-state index in [2.05, 4.69) is 39.6 Å². The second-order valence-corrected chi connectivity index (χ2v) is 6.56. The van der Waals surface area contributed by atoms with Gasteiger partial charge in [-0.25, -0.2) is 9.67 Å². The van der Waals surface area contributed by atoms with Crippen LogP contribution in [0.2, 0.25) is 0 Å². The zero-order chi connectivity index (χ0) is 18.8. The topological polar surface area (TPSA) is 68.8 Å². The van der Waals surface area contributed by atoms with E-state index in [1.165, 1.54) is 10.8 Å². The molecule has 0 atom stereocenters. The Labute approximate surface area is 156 Å². The number of imidazole rings is 1. The molecule has 2 aromatic carbocycles. The number of aryl methyl sites for hydroxylation is 1. The summed E-state index contributed by atoms with van der Waals surface area (Å²) in [6, 6.07) is 14.4. The molecule has 4 rings (SSSR count). The van der Waals surface area contributed by atoms with Gasteiger partial charge in [0.05, 0.1) is 19.3 Å². The minimum absolute atomic E-state index is 0.179. The Morgan fingerprint density at radius 3 is 2.78 bits per heavy atom. The first kappa shape index (κ1) is 17.0. The van der Waals surface area contributed by atoms with Crippen molar-refractivity contribution in [1.29, 1.82) is 0 Å². The van der Waals surface area contributed by atoms with Gasteiger partial charge in [0.25, 0.3) is 5.91 Å². The second-order valence-electron chi connectivity index (χ2n) is 6.56. The van der Waals surface area contributed by atoms with Crippen LogP contribution in [0.5, 0.6) is 0 Å². The van der Waals surface area contributed by atoms with Gasteiger partial charge in [0.15, 0.2) is 5.69 Å². The fourth-order valence-electron chi connectivity index (χ4n) is 3.11. The van der Waals surface area contributed by atoms with E-state index in [0.717, 1.165) is 11.4 Å². The van der Waals surface area contributed by atoms with Crippen molar-refractivity contribution in [3.63, 3.8) is 0 Å². The van der Waals surface area contributed by atoms with Gasteiger partial charge < -0.3 is 9.47 Å². The predicted octanol–water partition coefficient (Wildman–Crippen LogP) is 2.49. The average molecular weight is 360 g/mol. The van der Waals surface area contributed by atoms with E-state index in [1.54, 1.807) is 29.0 Å². The summed E-state index contributed by atoms with van der Waals surface area (Å²) in [6.07, 6.45) is 5.27. The lowest BCUT2D eigenvalue weighted by atomic mass is 10.0. The average Bonchev–Trinajstić information content (AvgIpc) is 3.31. The van der Waals surface area contributed by atoms with E-state index in [1.807, 2.05) is 36.0 Å². The number of nitrogens with zero attached hydrogens (tertiary/aromatic N) is 6. The zero-order valence-corrected chi connectivity index (χ0v) is 15.3. The maximum atomic E-state index is 12.6. The molecular weight excluding hydrogens is 340 g/mol. The Hall–Kier alpha value is -3.48. The Kier molecular flexibility index (Phi) is 4.42. The van der Waals surface area contributed by atoms with Gasteiger partial charge in [0.1, 0.15) is 5.82 Å². The second kappa shape index (κ2) is 7.03. The maximum absolute atomic E-state index is 12.6. The Morgan fingerprint density at radius 1 is 1.15 bits per heavy atom. The number of hydrogen-bond acceptors (Lipinski definition) is 4. The summed E-state index contributed by atoms with van der Waals surface area (Å²) >= 11 is 0. The summed E-state index contributed by atoms with van der Waals surface area (Å²) < 4.78 is 3.59. The lowest BCUT2D eigenvalue weighted by Gasteiger charge is -2.15. The lowest BCUT2D eigenvalue weighted by molar-refractivity contribution is 0.0774. The van der Waals surface area contributed by atoms with E-state index in [-0.39, 0.29) is 5.91 Å². The van der Waals surface area contributed by atoms with Crippen molar-refractivity contribution < 1.29 is 4.79 Å². The van der Waals surface area contributed by atoms with E-state index in [4.69, 9.17) is 0 Å². The van der Waals surface area contributed by atoms with Crippen LogP contribution >= 0.6 is 0 Å². The molecule has 0 spiro atoms. The van der Waals surface area contributed by atoms with Gasteiger partial charge in [0.2, 0.25) is 0 Å². The molecule has 0 aliphatic carbocycles. The molecule has 7 nitrogen and oxygen atoms in total. The van der Waals surface area contributed by atoms with Gasteiger partial charge in [-0.05, 0) is 16.3 Å². The lowest BCUT2D eigenvalue weighted by Crippen LogP contribution is -2.27. The molecule has 0 aliphatic rings. The third-order valence-electron chi connectivity index (χ3n) is 4.62. The highest BCUT2D eigenvalue weighted by Crippen LogP contribution is 2.19. The minimum atomic E-state index is -0.179. The number of aromatic nitrogens is 5. The smallest absolute Gasteiger partial charge is 0.276 e. The number of rotatable bonds is 5. The number of hydrogen-bond donors (Lipinski definition) is 0. The summed E-state index contributed by atoms with van der Waals surface area (Å²) in [5.74, 6) is 0.635. The highest BCUT2D eigenvalue weighted by Gasteiger charge is 2.17. The third-order valence-corrected chi connectivity index (χ3v) is 4.62.